The van der Waals surface area contributed by atoms with Crippen molar-refractivity contribution in [3.63, 3.8) is 0 Å². The summed E-state index contributed by atoms with van der Waals surface area (Å²) in [5, 5.41) is 0. The van der Waals surface area contributed by atoms with Gasteiger partial charge in [-0.2, -0.15) is 0 Å². The molecule has 0 N–H and O–H groups in total. The summed E-state index contributed by atoms with van der Waals surface area (Å²) in [6, 6.07) is 0. The summed E-state index contributed by atoms with van der Waals surface area (Å²) in [6.07, 6.45) is 10.7. The van der Waals surface area contributed by atoms with E-state index in [-0.39, 0.29) is 11.4 Å². The molecule has 0 aromatic rings. The fourth-order valence-corrected chi connectivity index (χ4v) is 1.74. The minimum absolute atomic E-state index is 0.139. The van der Waals surface area contributed by atoms with Crippen LogP contribution in [-0.2, 0) is 9.53 Å². The van der Waals surface area contributed by atoms with Crippen molar-refractivity contribution in [2.24, 2.45) is 5.41 Å². The molecule has 88 valence electrons. The van der Waals surface area contributed by atoms with Crippen molar-refractivity contribution in [2.45, 2.75) is 33.1 Å². The molecular weight excluding hydrogens is 200 g/mol. The van der Waals surface area contributed by atoms with Gasteiger partial charge in [0.1, 0.15) is 6.61 Å². The molecule has 1 aliphatic heterocycles. The summed E-state index contributed by atoms with van der Waals surface area (Å²) in [7, 11) is 0. The van der Waals surface area contributed by atoms with Crippen LogP contribution >= 0.6 is 0 Å². The summed E-state index contributed by atoms with van der Waals surface area (Å²) >= 11 is 0. The summed E-state index contributed by atoms with van der Waals surface area (Å²) in [4.78, 5) is 11.2. The van der Waals surface area contributed by atoms with Crippen LogP contribution in [0.2, 0.25) is 0 Å². The first-order chi connectivity index (χ1) is 7.55. The van der Waals surface area contributed by atoms with Crippen LogP contribution < -0.4 is 0 Å². The lowest BCUT2D eigenvalue weighted by molar-refractivity contribution is -0.136. The lowest BCUT2D eigenvalue weighted by atomic mass is 9.86. The van der Waals surface area contributed by atoms with Crippen LogP contribution in [-0.4, -0.2) is 12.6 Å². The van der Waals surface area contributed by atoms with Crippen molar-refractivity contribution in [3.8, 4) is 0 Å². The van der Waals surface area contributed by atoms with Gasteiger partial charge < -0.3 is 4.74 Å². The third-order valence-corrected chi connectivity index (χ3v) is 2.76. The summed E-state index contributed by atoms with van der Waals surface area (Å²) in [5.74, 6) is -0.139. The maximum absolute atomic E-state index is 11.2. The van der Waals surface area contributed by atoms with E-state index in [1.54, 1.807) is 6.08 Å². The molecule has 0 aromatic carbocycles. The molecule has 1 aliphatic rings. The van der Waals surface area contributed by atoms with Crippen LogP contribution in [0.1, 0.15) is 33.1 Å². The van der Waals surface area contributed by atoms with Gasteiger partial charge in [-0.3, -0.25) is 0 Å². The van der Waals surface area contributed by atoms with Gasteiger partial charge in [-0.05, 0) is 30.8 Å². The van der Waals surface area contributed by atoms with Crippen LogP contribution in [0.4, 0.5) is 0 Å². The Morgan fingerprint density at radius 3 is 2.88 bits per heavy atom. The van der Waals surface area contributed by atoms with Crippen LogP contribution in [0, 0.1) is 5.41 Å². The fraction of sp³-hybridized carbons (Fsp3) is 0.500. The summed E-state index contributed by atoms with van der Waals surface area (Å²) in [6.45, 7) is 8.49. The molecule has 0 unspecified atom stereocenters. The van der Waals surface area contributed by atoms with E-state index in [4.69, 9.17) is 4.74 Å². The molecule has 0 aliphatic carbocycles. The van der Waals surface area contributed by atoms with E-state index in [9.17, 15) is 4.79 Å². The zero-order chi connectivity index (χ0) is 12.0. The monoisotopic (exact) mass is 220 g/mol. The molecule has 0 amide bonds. The molecule has 2 nitrogen and oxygen atoms in total. The lowest BCUT2D eigenvalue weighted by Crippen LogP contribution is -2.08. The molecule has 0 spiro atoms. The standard InChI is InChI=1S/C14H20O2/c1-4-5-9-14(2,3)10-6-7-12-8-11-16-13(12)15/h4-5,8-9H,1,6-7,10-11H2,2-3H3/b9-5+. The van der Waals surface area contributed by atoms with Crippen molar-refractivity contribution in [1.29, 1.82) is 0 Å². The molecule has 16 heavy (non-hydrogen) atoms. The smallest absolute Gasteiger partial charge is 0.334 e. The van der Waals surface area contributed by atoms with Crippen LogP contribution in [0.25, 0.3) is 0 Å². The van der Waals surface area contributed by atoms with Gasteiger partial charge in [-0.1, -0.05) is 38.7 Å². The van der Waals surface area contributed by atoms with E-state index >= 15 is 0 Å². The number of carbonyl (C=O) groups is 1. The zero-order valence-corrected chi connectivity index (χ0v) is 10.2. The number of rotatable bonds is 6. The highest BCUT2D eigenvalue weighted by Gasteiger charge is 2.18. The van der Waals surface area contributed by atoms with E-state index in [1.165, 1.54) is 0 Å². The first-order valence-corrected chi connectivity index (χ1v) is 5.71. The number of hydrogen-bond acceptors (Lipinski definition) is 2. The van der Waals surface area contributed by atoms with Crippen molar-refractivity contribution < 1.29 is 9.53 Å². The summed E-state index contributed by atoms with van der Waals surface area (Å²) in [5.41, 5.74) is 1.00. The van der Waals surface area contributed by atoms with Gasteiger partial charge in [0.2, 0.25) is 0 Å². The van der Waals surface area contributed by atoms with Crippen LogP contribution in [0.15, 0.2) is 36.5 Å². The second-order valence-corrected chi connectivity index (χ2v) is 4.76. The largest absolute Gasteiger partial charge is 0.458 e. The van der Waals surface area contributed by atoms with Crippen molar-refractivity contribution in [1.82, 2.24) is 0 Å². The molecule has 0 fully saturated rings. The average molecular weight is 220 g/mol. The minimum atomic E-state index is -0.139. The fourth-order valence-electron chi connectivity index (χ4n) is 1.74. The van der Waals surface area contributed by atoms with Crippen molar-refractivity contribution in [2.75, 3.05) is 6.61 Å². The Hall–Kier alpha value is -1.31. The van der Waals surface area contributed by atoms with Gasteiger partial charge in [0.25, 0.3) is 0 Å². The Bertz CT molecular complexity index is 322. The van der Waals surface area contributed by atoms with Gasteiger partial charge in [-0.25, -0.2) is 4.79 Å². The highest BCUT2D eigenvalue weighted by atomic mass is 16.5. The second kappa shape index (κ2) is 5.69. The van der Waals surface area contributed by atoms with Gasteiger partial charge in [0.05, 0.1) is 0 Å². The molecule has 0 saturated carbocycles. The minimum Gasteiger partial charge on any atom is -0.458 e. The Morgan fingerprint density at radius 1 is 1.56 bits per heavy atom. The third kappa shape index (κ3) is 4.05. The molecule has 0 aromatic heterocycles. The Labute approximate surface area is 97.7 Å². The van der Waals surface area contributed by atoms with Gasteiger partial charge >= 0.3 is 5.97 Å². The van der Waals surface area contributed by atoms with Gasteiger partial charge in [0, 0.05) is 5.57 Å². The quantitative estimate of drug-likeness (QED) is 0.506. The normalized spacial score (nSPS) is 16.4. The van der Waals surface area contributed by atoms with Crippen molar-refractivity contribution in [3.05, 3.63) is 36.5 Å². The van der Waals surface area contributed by atoms with E-state index in [2.05, 4.69) is 26.5 Å². The van der Waals surface area contributed by atoms with E-state index in [0.717, 1.165) is 24.8 Å². The van der Waals surface area contributed by atoms with E-state index in [1.807, 2.05) is 12.2 Å². The number of cyclic esters (lactones) is 1. The Morgan fingerprint density at radius 2 is 2.31 bits per heavy atom. The van der Waals surface area contributed by atoms with E-state index in [0.29, 0.717) is 6.61 Å². The second-order valence-electron chi connectivity index (χ2n) is 4.76. The highest BCUT2D eigenvalue weighted by Crippen LogP contribution is 2.26. The molecule has 2 heteroatoms. The molecule has 1 heterocycles. The molecule has 0 saturated heterocycles. The maximum Gasteiger partial charge on any atom is 0.334 e. The number of carbonyl (C=O) groups excluding carboxylic acids is 1. The van der Waals surface area contributed by atoms with E-state index < -0.39 is 0 Å². The predicted molar refractivity (Wildman–Crippen MR) is 66.0 cm³/mol. The summed E-state index contributed by atoms with van der Waals surface area (Å²) < 4.78 is 4.85. The predicted octanol–water partition coefficient (Wildman–Crippen LogP) is 3.41. The molecular formula is C14H20O2. The highest BCUT2D eigenvalue weighted by molar-refractivity contribution is 5.90. The SMILES string of the molecule is C=C/C=C/C(C)(C)CCCC1=CCOC1=O. The first-order valence-electron chi connectivity index (χ1n) is 5.71. The van der Waals surface area contributed by atoms with Gasteiger partial charge in [0.15, 0.2) is 0 Å². The molecule has 0 radical (unpaired) electrons. The molecule has 0 bridgehead atoms. The Balaban J connectivity index is 2.32. The number of ether oxygens (including phenoxy) is 1. The zero-order valence-electron chi connectivity index (χ0n) is 10.2. The first kappa shape index (κ1) is 12.8. The lowest BCUT2D eigenvalue weighted by Gasteiger charge is -2.19. The number of hydrogen-bond donors (Lipinski definition) is 0. The van der Waals surface area contributed by atoms with Crippen LogP contribution in [0.3, 0.4) is 0 Å². The number of allylic oxidation sites excluding steroid dienone is 3. The van der Waals surface area contributed by atoms with Crippen LogP contribution in [0.5, 0.6) is 0 Å². The third-order valence-electron chi connectivity index (χ3n) is 2.76. The average Bonchev–Trinajstić information content (AvgIpc) is 2.62. The van der Waals surface area contributed by atoms with Gasteiger partial charge in [-0.15, -0.1) is 0 Å². The van der Waals surface area contributed by atoms with Crippen molar-refractivity contribution >= 4 is 5.97 Å². The number of esters is 1. The maximum atomic E-state index is 11.2. The molecule has 1 rings (SSSR count). The molecule has 0 atom stereocenters. The Kier molecular flexibility index (Phi) is 4.53. The topological polar surface area (TPSA) is 26.3 Å².